The Bertz CT molecular complexity index is 4140. The number of carboxylic acid groups (broad SMARTS) is 5. The van der Waals surface area contributed by atoms with Crippen LogP contribution in [0.15, 0.2) is 54.7 Å². The molecule has 14 amide bonds. The van der Waals surface area contributed by atoms with Crippen LogP contribution in [-0.4, -0.2) is 258 Å². The van der Waals surface area contributed by atoms with Crippen LogP contribution in [0.5, 0.6) is 0 Å². The van der Waals surface area contributed by atoms with E-state index in [0.29, 0.717) is 34.6 Å². The zero-order valence-corrected chi connectivity index (χ0v) is 63.9. The topological polar surface area (TPSA) is 733 Å². The number of hydrogen-bond donors (Lipinski definition) is 24. The summed E-state index contributed by atoms with van der Waals surface area (Å²) in [4.78, 5) is 267. The molecular weight excluding hydrogens is 1530 g/mol. The van der Waals surface area contributed by atoms with Crippen LogP contribution in [0.2, 0.25) is 2.82 Å². The highest BCUT2D eigenvalue weighted by atomic mass is 16.4. The molecule has 0 saturated carbocycles. The smallest absolute Gasteiger partial charge is 0.326 e. The summed E-state index contributed by atoms with van der Waals surface area (Å²) in [5, 5.41) is 87.3. The van der Waals surface area contributed by atoms with Gasteiger partial charge in [-0.2, -0.15) is 0 Å². The summed E-state index contributed by atoms with van der Waals surface area (Å²) in [6.45, 7) is 1.12. The second-order valence-corrected chi connectivity index (χ2v) is 27.0. The molecule has 44 heteroatoms. The van der Waals surface area contributed by atoms with Crippen LogP contribution in [0.4, 0.5) is 5.69 Å². The average Bonchev–Trinajstić information content (AvgIpc) is 1.70. The first-order valence-electron chi connectivity index (χ1n) is 38.0. The number of carbonyl (C=O) groups excluding carboxylic acids is 15. The maximum absolute atomic E-state index is 14.3. The molecule has 0 spiro atoms. The number of hydrogen-bond acceptors (Lipinski definition) is 25. The molecule has 0 aliphatic heterocycles. The van der Waals surface area contributed by atoms with Crippen molar-refractivity contribution in [3.05, 3.63) is 65.9 Å². The molecule has 1 heterocycles. The number of fused-ring (bicyclic) bond motifs is 1. The quantitative estimate of drug-likeness (QED) is 0.0142. The van der Waals surface area contributed by atoms with E-state index < -0.39 is 255 Å². The molecule has 27 N–H and O–H groups in total. The maximum atomic E-state index is 14.3. The first kappa shape index (κ1) is 92.1. The predicted octanol–water partition coefficient (Wildman–Crippen LogP) is -6.10. The molecule has 0 aliphatic carbocycles. The minimum atomic E-state index is -2.26. The Kier molecular flexibility index (Phi) is 39.5. The first-order valence-corrected chi connectivity index (χ1v) is 36.7. The maximum Gasteiger partial charge on any atom is 0.326 e. The number of nitrogen functional groups attached to an aromatic ring is 1. The molecule has 1 aromatic heterocycles. The molecule has 3 aromatic rings. The van der Waals surface area contributed by atoms with Crippen molar-refractivity contribution >= 4 is 135 Å². The molecular formula is C72H103N17O27. The van der Waals surface area contributed by atoms with Gasteiger partial charge in [0.25, 0.3) is 1.43 Å². The molecule has 44 nitrogen and oxygen atoms in total. The molecule has 116 heavy (non-hydrogen) atoms. The number of H-pyrrole nitrogens is 1. The van der Waals surface area contributed by atoms with E-state index in [1.54, 1.807) is 30.5 Å². The molecule has 0 fully saturated rings. The van der Waals surface area contributed by atoms with Gasteiger partial charge in [-0.15, -0.1) is 0 Å². The summed E-state index contributed by atoms with van der Waals surface area (Å²) in [5.74, 6) is -29.1. The second-order valence-electron chi connectivity index (χ2n) is 27.0. The van der Waals surface area contributed by atoms with Gasteiger partial charge >= 0.3 is 29.8 Å². The number of Topliss-reactive ketones (excluding diaryl/α,β-unsaturated/α-hetero) is 1. The Morgan fingerprint density at radius 1 is 0.491 bits per heavy atom. The third-order valence-electron chi connectivity index (χ3n) is 17.4. The number of unbranched alkanes of at least 4 members (excludes halogenated alkanes) is 6. The number of aliphatic hydroxyl groups is 2. The van der Waals surface area contributed by atoms with E-state index in [0.717, 1.165) is 52.9 Å². The first-order chi connectivity index (χ1) is 56.1. The van der Waals surface area contributed by atoms with E-state index in [9.17, 15) is 127 Å². The number of anilines is 1. The lowest BCUT2D eigenvalue weighted by Gasteiger charge is -2.27. The van der Waals surface area contributed by atoms with Crippen LogP contribution < -0.4 is 86.3 Å². The molecule has 0 radical (unpaired) electrons. The zero-order chi connectivity index (χ0) is 89.5. The summed E-state index contributed by atoms with van der Waals surface area (Å²) in [6.07, 6.45) is -1.81. The normalized spacial score (nSPS) is 14.7. The number of aromatic amines is 1. The number of aliphatic hydroxyl groups excluding tert-OH is 2. The fourth-order valence-corrected chi connectivity index (χ4v) is 11.3. The largest absolute Gasteiger partial charge is 0.481 e. The van der Waals surface area contributed by atoms with Gasteiger partial charge in [0.15, 0.2) is 8.61 Å². The number of aromatic nitrogens is 1. The van der Waals surface area contributed by atoms with E-state index >= 15 is 0 Å². The number of nitrogens with two attached hydrogens (primary N) is 3. The van der Waals surface area contributed by atoms with Gasteiger partial charge < -0.3 is 127 Å². The Labute approximate surface area is 667 Å². The number of para-hydroxylation sites is 2. The van der Waals surface area contributed by atoms with E-state index in [1.807, 2.05) is 21.3 Å². The number of amides is 14. The number of carbonyl (C=O) groups is 20. The third kappa shape index (κ3) is 34.7. The van der Waals surface area contributed by atoms with Crippen LogP contribution in [0.3, 0.4) is 0 Å². The molecule has 3 rings (SSSR count). The van der Waals surface area contributed by atoms with Crippen LogP contribution in [0.25, 0.3) is 12.3 Å². The summed E-state index contributed by atoms with van der Waals surface area (Å²) in [7, 11) is 0. The third-order valence-corrected chi connectivity index (χ3v) is 17.4. The Morgan fingerprint density at radius 3 is 1.57 bits per heavy atom. The fourth-order valence-electron chi connectivity index (χ4n) is 11.3. The zero-order valence-electron chi connectivity index (χ0n) is 66.9. The van der Waals surface area contributed by atoms with Crippen molar-refractivity contribution in [3.8, 4) is 0 Å². The van der Waals surface area contributed by atoms with E-state index in [2.05, 4.69) is 54.2 Å². The van der Waals surface area contributed by atoms with Gasteiger partial charge in [0.2, 0.25) is 82.7 Å². The molecule has 0 saturated heterocycles. The van der Waals surface area contributed by atoms with Crippen molar-refractivity contribution in [2.45, 2.75) is 209 Å². The lowest BCUT2D eigenvalue weighted by Crippen LogP contribution is -2.61. The number of carboxylic acids is 5. The van der Waals surface area contributed by atoms with Crippen LogP contribution in [-0.2, 0) is 97.5 Å². The summed E-state index contributed by atoms with van der Waals surface area (Å²) in [6, 6.07) is -9.52. The number of nitrogens with one attached hydrogen (secondary N) is 14. The van der Waals surface area contributed by atoms with Crippen molar-refractivity contribution in [3.63, 3.8) is 0 Å². The Morgan fingerprint density at radius 2 is 0.991 bits per heavy atom. The number of aliphatic carboxylic acids is 5. The van der Waals surface area contributed by atoms with Gasteiger partial charge in [-0.3, -0.25) is 91.1 Å². The molecule has 2 aromatic carbocycles. The monoisotopic (exact) mass is 1640 g/mol. The average molecular weight is 1640 g/mol. The van der Waals surface area contributed by atoms with Crippen LogP contribution >= 0.6 is 0 Å². The number of rotatable bonds is 55. The summed E-state index contributed by atoms with van der Waals surface area (Å²) >= 11 is 0. The van der Waals surface area contributed by atoms with E-state index in [-0.39, 0.29) is 48.8 Å². The van der Waals surface area contributed by atoms with Crippen molar-refractivity contribution < 1.29 is 134 Å². The van der Waals surface area contributed by atoms with Crippen molar-refractivity contribution in [1.82, 2.24) is 74.1 Å². The van der Waals surface area contributed by atoms with E-state index in [4.69, 9.17) is 21.5 Å². The summed E-state index contributed by atoms with van der Waals surface area (Å²) in [5.41, 5.74) is 17.9. The molecule has 0 unspecified atom stereocenters. The minimum absolute atomic E-state index is 0.0300. The van der Waals surface area contributed by atoms with Gasteiger partial charge in [-0.25, -0.2) is 4.79 Å². The van der Waals surface area contributed by atoms with Gasteiger partial charge in [0.1, 0.15) is 66.5 Å². The standard InChI is InChI=1S/C72H103N17O27/c1-5-6-7-8-9-10-11-22-53(94)81-44(25-38-31-76-42-20-15-13-17-39(38)42)66(109)84-45(27-52(75)93)67(110)86-48(30-59(103)104)68(111)89-61(37(4)91)70(113)78-33-54(95)80-43(21-16-23-73)64(107)85-47(29-58(101)102)65(108)79-36(3)62(105)83-46(28-57(99)100)63(106)77-32-55(96)82-50(34-90)69(112)88-60(35(2)24-56(97)98)71(114)87-49(72(115)116)26-51(92)40-18-12-14-19-41(40)74/h12-15,17-20,31,35-37,43-50,60-61,76,90-91H,5-11,16,21-30,32-34,73-74H2,1-4H3,(H2,75,93)(H,77,106)(H,78,113)(H,79,108)(H,80,95)(H,81,94)(H,82,96)(H,83,105)(H,84,109)(H,85,107)(H,86,110)(H,87,114)(H,88,112)(H,89,111)(H,97,98)(H,99,100)(H,101,102)(H,103,104)(H,115,116)/t35-,36+,37-,43+,44+,45+,46+,47+,48+,49+,50+,60+,61+/m1/s1/i/hD3. The Balaban J connectivity index is 1.74. The van der Waals surface area contributed by atoms with Gasteiger partial charge in [-0.1, -0.05) is 82.7 Å². The molecule has 13 atom stereocenters. The van der Waals surface area contributed by atoms with Crippen molar-refractivity contribution in [2.75, 3.05) is 32.0 Å². The molecule has 638 valence electrons. The second kappa shape index (κ2) is 49.7. The van der Waals surface area contributed by atoms with Crippen LogP contribution in [0.1, 0.15) is 146 Å². The summed E-state index contributed by atoms with van der Waals surface area (Å²) < 4.78 is 24.2. The van der Waals surface area contributed by atoms with Gasteiger partial charge in [0.05, 0.1) is 57.9 Å². The highest BCUT2D eigenvalue weighted by Crippen LogP contribution is 2.21. The van der Waals surface area contributed by atoms with Crippen LogP contribution in [0, 0.1) is 5.92 Å². The fraction of sp³-hybridized carbons (Fsp3) is 0.528. The SMILES string of the molecule is [2H]OC(=O)C[C@H](NC(=O)[C@H](CCCN)NC(=O)CNC(=O)[C@@H](NC(=O)[C@H](CC(=O)O)NC(=O)[C@H](CC(N)=O)NC(=O)[C@H](Cc1c[nH]c2ccccc12)N([2H])C(=O)CCCCCCCCC)[C@@H](C)O)C(=O)N[C@@H](C)C(=O)N[C@@H](CC(=O)O)C(=O)N([2H])CC(=O)N[C@@H](CO)C(=O)N[C@H](C(=O)N[C@@H](CC(=O)c1ccccc1N)C(=O)O)[C@H](C)CC(=O)O. The minimum Gasteiger partial charge on any atom is -0.481 e. The number of ketones is 1. The number of primary amides is 1. The van der Waals surface area contributed by atoms with Gasteiger partial charge in [0, 0.05) is 47.6 Å². The highest BCUT2D eigenvalue weighted by Gasteiger charge is 2.39. The predicted molar refractivity (Wildman–Crippen MR) is 404 cm³/mol. The van der Waals surface area contributed by atoms with E-state index in [1.165, 1.54) is 24.3 Å². The molecule has 0 aliphatic rings. The Hall–Kier alpha value is -12.7. The van der Waals surface area contributed by atoms with Gasteiger partial charge in [-0.05, 0) is 69.3 Å². The van der Waals surface area contributed by atoms with Crippen molar-refractivity contribution in [1.29, 1.82) is 1.43 Å². The molecule has 0 bridgehead atoms. The van der Waals surface area contributed by atoms with Crippen molar-refractivity contribution in [2.24, 2.45) is 17.4 Å². The highest BCUT2D eigenvalue weighted by molar-refractivity contribution is 6.05. The number of benzene rings is 2. The lowest BCUT2D eigenvalue weighted by molar-refractivity contribution is -0.143. The lowest BCUT2D eigenvalue weighted by atomic mass is 9.96.